The van der Waals surface area contributed by atoms with Gasteiger partial charge in [-0.1, -0.05) is 18.2 Å². The first kappa shape index (κ1) is 16.0. The summed E-state index contributed by atoms with van der Waals surface area (Å²) in [6.07, 6.45) is 5.92. The fourth-order valence-electron chi connectivity index (χ4n) is 4.31. The number of hydrogen-bond donors (Lipinski definition) is 1. The van der Waals surface area contributed by atoms with E-state index in [1.165, 1.54) is 6.07 Å². The highest BCUT2D eigenvalue weighted by molar-refractivity contribution is 6.09. The number of nitrogens with zero attached hydrogens (tertiary/aromatic N) is 1. The molecule has 25 heavy (non-hydrogen) atoms. The maximum atomic E-state index is 13.6. The monoisotopic (exact) mass is 342 g/mol. The SMILES string of the molecule is Cc1ccc(NC(=O)CN2C(=O)[C@@H]3[C@H](C2=O)[C@H]2C=C[C@H]3CC2)cc1F. The van der Waals surface area contributed by atoms with Crippen LogP contribution in [0.25, 0.3) is 0 Å². The van der Waals surface area contributed by atoms with Gasteiger partial charge < -0.3 is 5.32 Å². The van der Waals surface area contributed by atoms with Gasteiger partial charge in [-0.05, 0) is 49.3 Å². The van der Waals surface area contributed by atoms with E-state index < -0.39 is 11.7 Å². The van der Waals surface area contributed by atoms with Crippen LogP contribution < -0.4 is 5.32 Å². The van der Waals surface area contributed by atoms with Gasteiger partial charge in [-0.2, -0.15) is 0 Å². The van der Waals surface area contributed by atoms with E-state index in [1.54, 1.807) is 19.1 Å². The molecule has 0 spiro atoms. The van der Waals surface area contributed by atoms with Crippen molar-refractivity contribution in [3.8, 4) is 0 Å². The van der Waals surface area contributed by atoms with E-state index in [4.69, 9.17) is 0 Å². The number of likely N-dealkylation sites (tertiary alicyclic amines) is 1. The predicted octanol–water partition coefficient (Wildman–Crippen LogP) is 2.27. The van der Waals surface area contributed by atoms with Crippen molar-refractivity contribution in [3.05, 3.63) is 41.7 Å². The van der Waals surface area contributed by atoms with Gasteiger partial charge >= 0.3 is 0 Å². The Hall–Kier alpha value is -2.50. The summed E-state index contributed by atoms with van der Waals surface area (Å²) in [5.41, 5.74) is 0.793. The topological polar surface area (TPSA) is 66.5 Å². The Morgan fingerprint density at radius 2 is 1.76 bits per heavy atom. The van der Waals surface area contributed by atoms with Crippen LogP contribution in [0.5, 0.6) is 0 Å². The van der Waals surface area contributed by atoms with Crippen molar-refractivity contribution in [2.45, 2.75) is 19.8 Å². The average molecular weight is 342 g/mol. The minimum absolute atomic E-state index is 0.103. The van der Waals surface area contributed by atoms with Crippen LogP contribution in [0.4, 0.5) is 10.1 Å². The van der Waals surface area contributed by atoms with Crippen LogP contribution in [0.2, 0.25) is 0 Å². The Morgan fingerprint density at radius 3 is 2.28 bits per heavy atom. The number of carbonyl (C=O) groups excluding carboxylic acids is 3. The molecule has 5 nitrogen and oxygen atoms in total. The Morgan fingerprint density at radius 1 is 1.16 bits per heavy atom. The first-order chi connectivity index (χ1) is 12.0. The fourth-order valence-corrected chi connectivity index (χ4v) is 4.31. The molecule has 3 aliphatic carbocycles. The molecular weight excluding hydrogens is 323 g/mol. The van der Waals surface area contributed by atoms with Crippen molar-refractivity contribution in [1.29, 1.82) is 0 Å². The summed E-state index contributed by atoms with van der Waals surface area (Å²) in [6.45, 7) is 1.31. The van der Waals surface area contributed by atoms with Gasteiger partial charge in [0.15, 0.2) is 0 Å². The average Bonchev–Trinajstić information content (AvgIpc) is 2.86. The summed E-state index contributed by atoms with van der Waals surface area (Å²) < 4.78 is 13.6. The van der Waals surface area contributed by atoms with Crippen molar-refractivity contribution in [3.63, 3.8) is 0 Å². The molecule has 130 valence electrons. The number of fused-ring (bicyclic) bond motifs is 1. The summed E-state index contributed by atoms with van der Waals surface area (Å²) in [5.74, 6) is -1.85. The molecule has 1 N–H and O–H groups in total. The molecule has 1 aliphatic heterocycles. The number of halogens is 1. The van der Waals surface area contributed by atoms with E-state index in [0.717, 1.165) is 17.7 Å². The van der Waals surface area contributed by atoms with Crippen LogP contribution in [-0.2, 0) is 14.4 Å². The van der Waals surface area contributed by atoms with Crippen molar-refractivity contribution < 1.29 is 18.8 Å². The third kappa shape index (κ3) is 2.56. The lowest BCUT2D eigenvalue weighted by molar-refractivity contribution is -0.142. The number of allylic oxidation sites excluding steroid dienone is 2. The first-order valence-electron chi connectivity index (χ1n) is 8.55. The quantitative estimate of drug-likeness (QED) is 0.677. The number of amides is 3. The van der Waals surface area contributed by atoms with Gasteiger partial charge in [-0.25, -0.2) is 4.39 Å². The van der Waals surface area contributed by atoms with Gasteiger partial charge in [0.25, 0.3) is 0 Å². The molecule has 2 bridgehead atoms. The summed E-state index contributed by atoms with van der Waals surface area (Å²) in [5, 5.41) is 2.56. The third-order valence-electron chi connectivity index (χ3n) is 5.61. The first-order valence-corrected chi connectivity index (χ1v) is 8.55. The number of hydrogen-bond acceptors (Lipinski definition) is 3. The number of imide groups is 1. The maximum Gasteiger partial charge on any atom is 0.244 e. The van der Waals surface area contributed by atoms with Gasteiger partial charge in [0.05, 0.1) is 11.8 Å². The van der Waals surface area contributed by atoms with Crippen molar-refractivity contribution in [2.75, 3.05) is 11.9 Å². The van der Waals surface area contributed by atoms with Crippen LogP contribution in [0.1, 0.15) is 18.4 Å². The summed E-state index contributed by atoms with van der Waals surface area (Å²) >= 11 is 0. The molecule has 4 atom stereocenters. The molecule has 3 amide bonds. The smallest absolute Gasteiger partial charge is 0.244 e. The zero-order valence-electron chi connectivity index (χ0n) is 13.9. The standard InChI is InChI=1S/C19H19FN2O3/c1-10-2-7-13(8-14(10)20)21-15(23)9-22-18(24)16-11-3-4-12(6-5-11)17(16)19(22)25/h2-4,7-8,11-12,16-17H,5-6,9H2,1H3,(H,21,23)/t11-,12-,16-,17+/m0/s1. The van der Waals surface area contributed by atoms with Crippen molar-refractivity contribution in [1.82, 2.24) is 4.90 Å². The summed E-state index contributed by atoms with van der Waals surface area (Å²) in [4.78, 5) is 38.6. The van der Waals surface area contributed by atoms with Crippen LogP contribution in [0, 0.1) is 36.4 Å². The van der Waals surface area contributed by atoms with Gasteiger partial charge in [-0.3, -0.25) is 19.3 Å². The summed E-state index contributed by atoms with van der Waals surface area (Å²) in [6, 6.07) is 4.38. The zero-order chi connectivity index (χ0) is 17.7. The Kier molecular flexibility index (Phi) is 3.71. The van der Waals surface area contributed by atoms with Gasteiger partial charge in [0.1, 0.15) is 12.4 Å². The molecule has 1 heterocycles. The van der Waals surface area contributed by atoms with Crippen LogP contribution in [0.15, 0.2) is 30.4 Å². The van der Waals surface area contributed by atoms with Gasteiger partial charge in [0, 0.05) is 5.69 Å². The lowest BCUT2D eigenvalue weighted by atomic mass is 9.63. The predicted molar refractivity (Wildman–Crippen MR) is 88.8 cm³/mol. The van der Waals surface area contributed by atoms with Crippen LogP contribution in [-0.4, -0.2) is 29.2 Å². The normalized spacial score (nSPS) is 29.9. The van der Waals surface area contributed by atoms with E-state index in [0.29, 0.717) is 11.3 Å². The lowest BCUT2D eigenvalue weighted by Crippen LogP contribution is -2.38. The molecular formula is C19H19FN2O3. The van der Waals surface area contributed by atoms with Gasteiger partial charge in [-0.15, -0.1) is 0 Å². The van der Waals surface area contributed by atoms with E-state index >= 15 is 0 Å². The molecule has 4 aliphatic rings. The Bertz CT molecular complexity index is 772. The number of benzene rings is 1. The molecule has 2 fully saturated rings. The number of anilines is 1. The summed E-state index contributed by atoms with van der Waals surface area (Å²) in [7, 11) is 0. The second-order valence-electron chi connectivity index (χ2n) is 7.12. The van der Waals surface area contributed by atoms with Crippen LogP contribution >= 0.6 is 0 Å². The molecule has 6 heteroatoms. The van der Waals surface area contributed by atoms with Crippen molar-refractivity contribution >= 4 is 23.4 Å². The molecule has 0 unspecified atom stereocenters. The second-order valence-corrected chi connectivity index (χ2v) is 7.12. The highest BCUT2D eigenvalue weighted by Gasteiger charge is 2.56. The zero-order valence-corrected chi connectivity index (χ0v) is 13.9. The van der Waals surface area contributed by atoms with E-state index in [1.807, 2.05) is 12.2 Å². The fraction of sp³-hybridized carbons (Fsp3) is 0.421. The number of nitrogens with one attached hydrogen (secondary N) is 1. The van der Waals surface area contributed by atoms with E-state index in [-0.39, 0.29) is 42.0 Å². The highest BCUT2D eigenvalue weighted by atomic mass is 19.1. The maximum absolute atomic E-state index is 13.6. The molecule has 0 aromatic heterocycles. The van der Waals surface area contributed by atoms with Crippen LogP contribution in [0.3, 0.4) is 0 Å². The molecule has 1 saturated carbocycles. The minimum atomic E-state index is -0.496. The molecule has 1 aromatic carbocycles. The minimum Gasteiger partial charge on any atom is -0.324 e. The molecule has 0 radical (unpaired) electrons. The number of aryl methyl sites for hydroxylation is 1. The highest BCUT2D eigenvalue weighted by Crippen LogP contribution is 2.49. The van der Waals surface area contributed by atoms with Crippen molar-refractivity contribution in [2.24, 2.45) is 23.7 Å². The second kappa shape index (κ2) is 5.79. The Labute approximate surface area is 144 Å². The molecule has 1 saturated heterocycles. The molecule has 5 rings (SSSR count). The number of carbonyl (C=O) groups is 3. The van der Waals surface area contributed by atoms with E-state index in [9.17, 15) is 18.8 Å². The third-order valence-corrected chi connectivity index (χ3v) is 5.61. The Balaban J connectivity index is 1.47. The lowest BCUT2D eigenvalue weighted by Gasteiger charge is -2.38. The largest absolute Gasteiger partial charge is 0.324 e. The van der Waals surface area contributed by atoms with E-state index in [2.05, 4.69) is 5.32 Å². The number of rotatable bonds is 3. The molecule has 1 aromatic rings. The van der Waals surface area contributed by atoms with Gasteiger partial charge in [0.2, 0.25) is 17.7 Å².